The summed E-state index contributed by atoms with van der Waals surface area (Å²) in [6.07, 6.45) is 1.60. The molecule has 2 aromatic heterocycles. The standard InChI is InChI=1S/C20H16BrN3OS/c1-2-25-16-8-6-13(7-9-16)17-11-26-20-18(17)19(22-12-23-20)24-15-5-3-4-14(21)10-15/h3-12H,2H2,1H3,(H,22,23,24). The van der Waals surface area contributed by atoms with Crippen molar-refractivity contribution in [1.82, 2.24) is 9.97 Å². The Bertz CT molecular complexity index is 1050. The molecular formula is C20H16BrN3OS. The highest BCUT2D eigenvalue weighted by Crippen LogP contribution is 2.38. The molecule has 0 radical (unpaired) electrons. The number of benzene rings is 2. The Morgan fingerprint density at radius 1 is 1.12 bits per heavy atom. The molecule has 130 valence electrons. The fraction of sp³-hybridized carbons (Fsp3) is 0.100. The van der Waals surface area contributed by atoms with E-state index in [1.165, 1.54) is 0 Å². The Balaban J connectivity index is 1.76. The van der Waals surface area contributed by atoms with Gasteiger partial charge in [0.15, 0.2) is 0 Å². The largest absolute Gasteiger partial charge is 0.494 e. The average Bonchev–Trinajstić information content (AvgIpc) is 3.08. The molecule has 0 atom stereocenters. The summed E-state index contributed by atoms with van der Waals surface area (Å²) in [5.74, 6) is 1.68. The summed E-state index contributed by atoms with van der Waals surface area (Å²) in [5, 5.41) is 6.57. The summed E-state index contributed by atoms with van der Waals surface area (Å²) in [4.78, 5) is 9.87. The molecule has 6 heteroatoms. The lowest BCUT2D eigenvalue weighted by atomic mass is 10.1. The van der Waals surface area contributed by atoms with Crippen molar-refractivity contribution in [2.24, 2.45) is 0 Å². The average molecular weight is 426 g/mol. The van der Waals surface area contributed by atoms with Crippen molar-refractivity contribution in [2.45, 2.75) is 6.92 Å². The Labute approximate surface area is 164 Å². The van der Waals surface area contributed by atoms with E-state index in [0.717, 1.165) is 43.1 Å². The SMILES string of the molecule is CCOc1ccc(-c2csc3ncnc(Nc4cccc(Br)c4)c23)cc1. The fourth-order valence-electron chi connectivity index (χ4n) is 2.78. The molecule has 1 N–H and O–H groups in total. The lowest BCUT2D eigenvalue weighted by Gasteiger charge is -2.09. The number of hydrogen-bond acceptors (Lipinski definition) is 5. The monoisotopic (exact) mass is 425 g/mol. The topological polar surface area (TPSA) is 47.0 Å². The van der Waals surface area contributed by atoms with Crippen molar-refractivity contribution in [3.8, 4) is 16.9 Å². The summed E-state index contributed by atoms with van der Waals surface area (Å²) < 4.78 is 6.56. The molecule has 2 heterocycles. The van der Waals surface area contributed by atoms with Crippen LogP contribution in [-0.4, -0.2) is 16.6 Å². The van der Waals surface area contributed by atoms with Gasteiger partial charge in [0.1, 0.15) is 22.7 Å². The molecule has 0 fully saturated rings. The minimum atomic E-state index is 0.662. The number of halogens is 1. The molecule has 26 heavy (non-hydrogen) atoms. The van der Waals surface area contributed by atoms with Crippen molar-refractivity contribution in [3.05, 3.63) is 64.7 Å². The van der Waals surface area contributed by atoms with Gasteiger partial charge in [-0.1, -0.05) is 34.1 Å². The first-order valence-corrected chi connectivity index (χ1v) is 9.90. The lowest BCUT2D eigenvalue weighted by Crippen LogP contribution is -1.95. The van der Waals surface area contributed by atoms with E-state index in [9.17, 15) is 0 Å². The van der Waals surface area contributed by atoms with E-state index in [0.29, 0.717) is 6.61 Å². The number of fused-ring (bicyclic) bond motifs is 1. The van der Waals surface area contributed by atoms with Gasteiger partial charge >= 0.3 is 0 Å². The van der Waals surface area contributed by atoms with Crippen LogP contribution in [0, 0.1) is 0 Å². The smallest absolute Gasteiger partial charge is 0.143 e. The Hall–Kier alpha value is -2.44. The van der Waals surface area contributed by atoms with Crippen LogP contribution in [-0.2, 0) is 0 Å². The first-order valence-electron chi connectivity index (χ1n) is 8.22. The number of nitrogens with one attached hydrogen (secondary N) is 1. The Kier molecular flexibility index (Phi) is 4.86. The maximum atomic E-state index is 5.54. The van der Waals surface area contributed by atoms with Gasteiger partial charge in [0.2, 0.25) is 0 Å². The summed E-state index contributed by atoms with van der Waals surface area (Å²) in [6, 6.07) is 16.2. The first-order chi connectivity index (χ1) is 12.7. The molecule has 0 aliphatic heterocycles. The minimum Gasteiger partial charge on any atom is -0.494 e. The van der Waals surface area contributed by atoms with Crippen LogP contribution >= 0.6 is 27.3 Å². The van der Waals surface area contributed by atoms with Gasteiger partial charge in [0.05, 0.1) is 12.0 Å². The van der Waals surface area contributed by atoms with E-state index in [4.69, 9.17) is 4.74 Å². The maximum absolute atomic E-state index is 5.54. The molecule has 4 nitrogen and oxygen atoms in total. The van der Waals surface area contributed by atoms with Crippen LogP contribution < -0.4 is 10.1 Å². The molecule has 0 saturated heterocycles. The zero-order chi connectivity index (χ0) is 17.9. The molecule has 0 amide bonds. The van der Waals surface area contributed by atoms with Gasteiger partial charge < -0.3 is 10.1 Å². The van der Waals surface area contributed by atoms with Gasteiger partial charge in [-0.3, -0.25) is 0 Å². The van der Waals surface area contributed by atoms with Gasteiger partial charge in [-0.15, -0.1) is 11.3 Å². The molecule has 0 aliphatic rings. The molecule has 0 unspecified atom stereocenters. The van der Waals surface area contributed by atoms with Gasteiger partial charge in [-0.2, -0.15) is 0 Å². The fourth-order valence-corrected chi connectivity index (χ4v) is 4.10. The predicted octanol–water partition coefficient (Wildman–Crippen LogP) is 6.26. The zero-order valence-electron chi connectivity index (χ0n) is 14.1. The molecule has 0 saturated carbocycles. The highest BCUT2D eigenvalue weighted by molar-refractivity contribution is 9.10. The summed E-state index contributed by atoms with van der Waals surface area (Å²) in [6.45, 7) is 2.65. The second-order valence-electron chi connectivity index (χ2n) is 5.64. The highest BCUT2D eigenvalue weighted by Gasteiger charge is 2.13. The van der Waals surface area contributed by atoms with E-state index < -0.39 is 0 Å². The summed E-state index contributed by atoms with van der Waals surface area (Å²) in [7, 11) is 0. The quantitative estimate of drug-likeness (QED) is 0.409. The minimum absolute atomic E-state index is 0.662. The third-order valence-electron chi connectivity index (χ3n) is 3.93. The van der Waals surface area contributed by atoms with Crippen molar-refractivity contribution in [3.63, 3.8) is 0 Å². The van der Waals surface area contributed by atoms with Crippen LogP contribution in [0.4, 0.5) is 11.5 Å². The summed E-state index contributed by atoms with van der Waals surface area (Å²) >= 11 is 5.13. The number of nitrogens with zero attached hydrogens (tertiary/aromatic N) is 2. The predicted molar refractivity (Wildman–Crippen MR) is 111 cm³/mol. The second-order valence-corrected chi connectivity index (χ2v) is 7.42. The number of thiophene rings is 1. The highest BCUT2D eigenvalue weighted by atomic mass is 79.9. The van der Waals surface area contributed by atoms with Gasteiger partial charge in [-0.25, -0.2) is 9.97 Å². The van der Waals surface area contributed by atoms with Crippen LogP contribution in [0.25, 0.3) is 21.3 Å². The molecule has 0 bridgehead atoms. The van der Waals surface area contributed by atoms with E-state index in [1.54, 1.807) is 17.7 Å². The van der Waals surface area contributed by atoms with E-state index in [2.05, 4.69) is 48.7 Å². The van der Waals surface area contributed by atoms with Gasteiger partial charge in [0, 0.05) is 21.1 Å². The van der Waals surface area contributed by atoms with Crippen LogP contribution in [0.2, 0.25) is 0 Å². The maximum Gasteiger partial charge on any atom is 0.143 e. The number of aromatic nitrogens is 2. The lowest BCUT2D eigenvalue weighted by molar-refractivity contribution is 0.340. The molecule has 0 aliphatic carbocycles. The van der Waals surface area contributed by atoms with Crippen LogP contribution in [0.3, 0.4) is 0 Å². The number of hydrogen-bond donors (Lipinski definition) is 1. The molecule has 0 spiro atoms. The number of rotatable bonds is 5. The Morgan fingerprint density at radius 3 is 2.73 bits per heavy atom. The zero-order valence-corrected chi connectivity index (χ0v) is 16.5. The van der Waals surface area contributed by atoms with Crippen LogP contribution in [0.1, 0.15) is 6.92 Å². The summed E-state index contributed by atoms with van der Waals surface area (Å²) in [5.41, 5.74) is 3.21. The van der Waals surface area contributed by atoms with Crippen molar-refractivity contribution in [2.75, 3.05) is 11.9 Å². The van der Waals surface area contributed by atoms with E-state index in [1.807, 2.05) is 43.3 Å². The van der Waals surface area contributed by atoms with E-state index in [-0.39, 0.29) is 0 Å². The molecule has 4 rings (SSSR count). The third kappa shape index (κ3) is 3.43. The van der Waals surface area contributed by atoms with E-state index >= 15 is 0 Å². The Morgan fingerprint density at radius 2 is 1.96 bits per heavy atom. The van der Waals surface area contributed by atoms with Gasteiger partial charge in [-0.05, 0) is 42.8 Å². The second kappa shape index (κ2) is 7.43. The molecular weight excluding hydrogens is 410 g/mol. The first kappa shape index (κ1) is 17.0. The van der Waals surface area contributed by atoms with Crippen molar-refractivity contribution < 1.29 is 4.74 Å². The molecule has 4 aromatic rings. The number of ether oxygens (including phenoxy) is 1. The third-order valence-corrected chi connectivity index (χ3v) is 5.31. The van der Waals surface area contributed by atoms with Crippen molar-refractivity contribution in [1.29, 1.82) is 0 Å². The molecule has 2 aromatic carbocycles. The van der Waals surface area contributed by atoms with Crippen molar-refractivity contribution >= 4 is 49.0 Å². The van der Waals surface area contributed by atoms with Gasteiger partial charge in [0.25, 0.3) is 0 Å². The number of anilines is 2. The van der Waals surface area contributed by atoms with Crippen LogP contribution in [0.5, 0.6) is 5.75 Å². The normalized spacial score (nSPS) is 10.8. The van der Waals surface area contributed by atoms with Crippen LogP contribution in [0.15, 0.2) is 64.7 Å².